The molecular formula is C11H25NO4Si. The molecule has 0 aromatic carbocycles. The Labute approximate surface area is 105 Å². The molecule has 6 heteroatoms. The highest BCUT2D eigenvalue weighted by atomic mass is 28.3. The normalized spacial score (nSPS) is 12.7. The molecule has 0 aliphatic carbocycles. The van der Waals surface area contributed by atoms with Crippen molar-refractivity contribution in [3.63, 3.8) is 0 Å². The molecule has 0 amide bonds. The van der Waals surface area contributed by atoms with E-state index in [1.54, 1.807) is 0 Å². The lowest BCUT2D eigenvalue weighted by atomic mass is 10.2. The van der Waals surface area contributed by atoms with Crippen molar-refractivity contribution in [1.82, 2.24) is 4.89 Å². The van der Waals surface area contributed by atoms with Crippen LogP contribution in [0, 0.1) is 0 Å². The Hall–Kier alpha value is -0.593. The monoisotopic (exact) mass is 263 g/mol. The summed E-state index contributed by atoms with van der Waals surface area (Å²) in [5.41, 5.74) is 0. The van der Waals surface area contributed by atoms with E-state index in [0.717, 1.165) is 12.8 Å². The summed E-state index contributed by atoms with van der Waals surface area (Å²) >= 11 is 0. The Balaban J connectivity index is 4.25. The van der Waals surface area contributed by atoms with Crippen molar-refractivity contribution in [2.45, 2.75) is 58.7 Å². The third kappa shape index (κ3) is 5.05. The molecule has 0 aliphatic heterocycles. The molecule has 0 aliphatic rings. The molecule has 0 heterocycles. The summed E-state index contributed by atoms with van der Waals surface area (Å²) in [6.07, 6.45) is 0.893. The lowest BCUT2D eigenvalue weighted by Gasteiger charge is -2.39. The average Bonchev–Trinajstić information content (AvgIpc) is 2.16. The number of ether oxygens (including phenoxy) is 1. The van der Waals surface area contributed by atoms with E-state index < -0.39 is 14.4 Å². The molecular weight excluding hydrogens is 238 g/mol. The van der Waals surface area contributed by atoms with Gasteiger partial charge in [0.1, 0.15) is 0 Å². The van der Waals surface area contributed by atoms with Gasteiger partial charge in [-0.05, 0) is 11.5 Å². The molecule has 17 heavy (non-hydrogen) atoms. The number of nitrogens with zero attached hydrogens (tertiary/aromatic N) is 1. The zero-order chi connectivity index (χ0) is 13.7. The summed E-state index contributed by atoms with van der Waals surface area (Å²) in [5, 5.41) is 9.69. The van der Waals surface area contributed by atoms with E-state index in [1.165, 1.54) is 0 Å². The van der Waals surface area contributed by atoms with Gasteiger partial charge in [-0.3, -0.25) is 5.21 Å². The van der Waals surface area contributed by atoms with Crippen LogP contribution < -0.4 is 0 Å². The minimum Gasteiger partial charge on any atom is -0.433 e. The highest BCUT2D eigenvalue weighted by Gasteiger charge is 2.44. The maximum Gasteiger partial charge on any atom is 0.529 e. The number of unbranched alkanes of at least 4 members (excludes halogenated alkanes) is 1. The van der Waals surface area contributed by atoms with E-state index in [-0.39, 0.29) is 5.04 Å². The predicted octanol–water partition coefficient (Wildman–Crippen LogP) is 3.55. The van der Waals surface area contributed by atoms with Crippen LogP contribution in [0.4, 0.5) is 4.79 Å². The molecule has 0 atom stereocenters. The van der Waals surface area contributed by atoms with Crippen molar-refractivity contribution >= 4 is 14.4 Å². The number of rotatable bonds is 5. The summed E-state index contributed by atoms with van der Waals surface area (Å²) in [6.45, 7) is 12.2. The van der Waals surface area contributed by atoms with Gasteiger partial charge >= 0.3 is 6.16 Å². The molecule has 0 unspecified atom stereocenters. The zero-order valence-electron chi connectivity index (χ0n) is 11.7. The van der Waals surface area contributed by atoms with E-state index in [0.29, 0.717) is 11.5 Å². The fourth-order valence-electron chi connectivity index (χ4n) is 0.798. The van der Waals surface area contributed by atoms with E-state index in [4.69, 9.17) is 9.57 Å². The summed E-state index contributed by atoms with van der Waals surface area (Å²) in [6, 6.07) is 0. The number of hydrogen-bond donors (Lipinski definition) is 1. The largest absolute Gasteiger partial charge is 0.529 e. The van der Waals surface area contributed by atoms with Gasteiger partial charge in [-0.2, -0.15) is 0 Å². The molecule has 0 fully saturated rings. The lowest BCUT2D eigenvalue weighted by molar-refractivity contribution is -0.252. The van der Waals surface area contributed by atoms with Crippen molar-refractivity contribution in [3.05, 3.63) is 0 Å². The summed E-state index contributed by atoms with van der Waals surface area (Å²) in [5.74, 6) is 0. The van der Waals surface area contributed by atoms with E-state index in [1.807, 2.05) is 40.8 Å². The molecule has 0 aromatic heterocycles. The summed E-state index contributed by atoms with van der Waals surface area (Å²) in [7, 11) is -2.25. The summed E-state index contributed by atoms with van der Waals surface area (Å²) in [4.78, 5) is 16.8. The Morgan fingerprint density at radius 1 is 1.35 bits per heavy atom. The first-order chi connectivity index (χ1) is 7.63. The molecule has 102 valence electrons. The Bertz CT molecular complexity index is 250. The standard InChI is InChI=1S/C11H25NO4Si/c1-7-8-9-15-10(13)16-12(14)17(5,6)11(2,3)4/h14H,7-9H2,1-6H3. The van der Waals surface area contributed by atoms with Crippen LogP contribution in [0.1, 0.15) is 40.5 Å². The maximum atomic E-state index is 11.3. The van der Waals surface area contributed by atoms with Gasteiger partial charge in [0, 0.05) is 0 Å². The molecule has 5 nitrogen and oxygen atoms in total. The van der Waals surface area contributed by atoms with Gasteiger partial charge in [0.15, 0.2) is 0 Å². The van der Waals surface area contributed by atoms with Gasteiger partial charge in [0.25, 0.3) is 0 Å². The third-order valence-electron chi connectivity index (χ3n) is 3.19. The van der Waals surface area contributed by atoms with Crippen LogP contribution in [0.25, 0.3) is 0 Å². The van der Waals surface area contributed by atoms with Crippen LogP contribution in [0.3, 0.4) is 0 Å². The molecule has 0 spiro atoms. The van der Waals surface area contributed by atoms with Crippen LogP contribution in [-0.2, 0) is 9.57 Å². The van der Waals surface area contributed by atoms with Gasteiger partial charge < -0.3 is 9.57 Å². The van der Waals surface area contributed by atoms with Crippen LogP contribution in [0.15, 0.2) is 0 Å². The maximum absolute atomic E-state index is 11.3. The molecule has 0 saturated carbocycles. The van der Waals surface area contributed by atoms with Crippen LogP contribution in [0.2, 0.25) is 18.1 Å². The topological polar surface area (TPSA) is 59.0 Å². The van der Waals surface area contributed by atoms with Crippen molar-refractivity contribution in [3.8, 4) is 0 Å². The van der Waals surface area contributed by atoms with Gasteiger partial charge in [0.2, 0.25) is 8.24 Å². The van der Waals surface area contributed by atoms with Crippen LogP contribution in [0.5, 0.6) is 0 Å². The van der Waals surface area contributed by atoms with E-state index >= 15 is 0 Å². The highest BCUT2D eigenvalue weighted by molar-refractivity contribution is 6.76. The van der Waals surface area contributed by atoms with Gasteiger partial charge in [-0.15, -0.1) is 0 Å². The first-order valence-electron chi connectivity index (χ1n) is 5.96. The molecule has 0 radical (unpaired) electrons. The minimum atomic E-state index is -2.25. The number of hydrogen-bond acceptors (Lipinski definition) is 5. The smallest absolute Gasteiger partial charge is 0.433 e. The number of carbonyl (C=O) groups excluding carboxylic acids is 1. The predicted molar refractivity (Wildman–Crippen MR) is 68.2 cm³/mol. The Morgan fingerprint density at radius 3 is 2.29 bits per heavy atom. The van der Waals surface area contributed by atoms with Crippen molar-refractivity contribution < 1.29 is 19.6 Å². The Morgan fingerprint density at radius 2 is 1.88 bits per heavy atom. The zero-order valence-corrected chi connectivity index (χ0v) is 12.7. The molecule has 0 rings (SSSR count). The van der Waals surface area contributed by atoms with Crippen LogP contribution >= 0.6 is 0 Å². The lowest BCUT2D eigenvalue weighted by Crippen LogP contribution is -2.53. The fourth-order valence-corrected chi connectivity index (χ4v) is 1.67. The van der Waals surface area contributed by atoms with Crippen molar-refractivity contribution in [1.29, 1.82) is 0 Å². The third-order valence-corrected chi connectivity index (χ3v) is 7.91. The first-order valence-corrected chi connectivity index (χ1v) is 8.91. The van der Waals surface area contributed by atoms with E-state index in [2.05, 4.69) is 0 Å². The Kier molecular flexibility index (Phi) is 6.15. The van der Waals surface area contributed by atoms with Gasteiger partial charge in [-0.25, -0.2) is 4.79 Å². The molecule has 0 saturated heterocycles. The number of carbonyl (C=O) groups is 1. The molecule has 1 N–H and O–H groups in total. The van der Waals surface area contributed by atoms with Gasteiger partial charge in [-0.1, -0.05) is 52.1 Å². The highest BCUT2D eigenvalue weighted by Crippen LogP contribution is 2.37. The minimum absolute atomic E-state index is 0.120. The van der Waals surface area contributed by atoms with Crippen molar-refractivity contribution in [2.24, 2.45) is 0 Å². The fraction of sp³-hybridized carbons (Fsp3) is 0.909. The SMILES string of the molecule is CCCCOC(=O)ON(O)[Si](C)(C)C(C)(C)C. The van der Waals surface area contributed by atoms with Crippen molar-refractivity contribution in [2.75, 3.05) is 6.61 Å². The molecule has 0 bridgehead atoms. The first kappa shape index (κ1) is 16.4. The van der Waals surface area contributed by atoms with E-state index in [9.17, 15) is 10.0 Å². The quantitative estimate of drug-likeness (QED) is 0.356. The molecule has 0 aromatic rings. The summed E-state index contributed by atoms with van der Waals surface area (Å²) < 4.78 is 4.82. The second kappa shape index (κ2) is 6.37. The second-order valence-corrected chi connectivity index (χ2v) is 10.6. The van der Waals surface area contributed by atoms with Gasteiger partial charge in [0.05, 0.1) is 6.61 Å². The average molecular weight is 263 g/mol. The van der Waals surface area contributed by atoms with Crippen LogP contribution in [-0.4, -0.2) is 31.1 Å². The second-order valence-electron chi connectivity index (χ2n) is 5.63.